The number of alkyl halides is 3. The number of hydrogen-bond acceptors (Lipinski definition) is 7. The average Bonchev–Trinajstić information content (AvgIpc) is 2.80. The number of dihydropyridines is 1. The van der Waals surface area contributed by atoms with Gasteiger partial charge in [0.25, 0.3) is 5.70 Å². The minimum absolute atomic E-state index is 0.0266. The molecule has 0 aliphatic carbocycles. The molecule has 11 heteroatoms. The lowest BCUT2D eigenvalue weighted by Crippen LogP contribution is -2.31. The standard InChI is InChI=1S/C24H23F3N2O6/c1-14-21(29(31)32)20(17-11-7-8-12-18(17)24(25,26)27)22(15(2)28-14)35-23(30)34-13-19(33-3)16-9-5-4-6-10-16/h4-12,19-20,28H,13H2,1-3H3/t19-,20?/m1/s1. The van der Waals surface area contributed by atoms with Crippen LogP contribution in [0.2, 0.25) is 0 Å². The number of carbonyl (C=O) groups is 1. The first-order valence-corrected chi connectivity index (χ1v) is 10.5. The Hall–Kier alpha value is -3.86. The first-order valence-electron chi connectivity index (χ1n) is 10.5. The Balaban J connectivity index is 1.93. The molecule has 1 heterocycles. The maximum absolute atomic E-state index is 13.8. The van der Waals surface area contributed by atoms with E-state index in [4.69, 9.17) is 14.2 Å². The van der Waals surface area contributed by atoms with Crippen molar-refractivity contribution in [1.82, 2.24) is 5.32 Å². The van der Waals surface area contributed by atoms with Gasteiger partial charge in [0, 0.05) is 7.11 Å². The number of nitrogens with one attached hydrogen (secondary N) is 1. The first kappa shape index (κ1) is 25.8. The smallest absolute Gasteiger partial charge is 0.431 e. The van der Waals surface area contributed by atoms with Crippen LogP contribution >= 0.6 is 0 Å². The Morgan fingerprint density at radius 3 is 2.31 bits per heavy atom. The molecule has 0 saturated carbocycles. The van der Waals surface area contributed by atoms with Crippen LogP contribution in [0.1, 0.15) is 42.6 Å². The number of allylic oxidation sites excluding steroid dienone is 2. The van der Waals surface area contributed by atoms with E-state index in [2.05, 4.69) is 5.32 Å². The predicted molar refractivity (Wildman–Crippen MR) is 118 cm³/mol. The highest BCUT2D eigenvalue weighted by Crippen LogP contribution is 2.44. The average molecular weight is 492 g/mol. The fourth-order valence-electron chi connectivity index (χ4n) is 3.87. The molecule has 0 amide bonds. The van der Waals surface area contributed by atoms with Crippen molar-refractivity contribution in [3.05, 3.63) is 104 Å². The lowest BCUT2D eigenvalue weighted by atomic mass is 9.86. The number of rotatable bonds is 7. The van der Waals surface area contributed by atoms with E-state index >= 15 is 0 Å². The van der Waals surface area contributed by atoms with Crippen LogP contribution in [0.3, 0.4) is 0 Å². The third-order valence-electron chi connectivity index (χ3n) is 5.44. The Labute approximate surface area is 199 Å². The van der Waals surface area contributed by atoms with Crippen molar-refractivity contribution in [1.29, 1.82) is 0 Å². The minimum atomic E-state index is -4.79. The summed E-state index contributed by atoms with van der Waals surface area (Å²) in [6.07, 6.45) is -6.66. The highest BCUT2D eigenvalue weighted by Gasteiger charge is 2.44. The molecule has 0 fully saturated rings. The van der Waals surface area contributed by atoms with Crippen molar-refractivity contribution >= 4 is 6.16 Å². The summed E-state index contributed by atoms with van der Waals surface area (Å²) in [7, 11) is 1.42. The van der Waals surface area contributed by atoms with Crippen molar-refractivity contribution in [3.8, 4) is 0 Å². The number of nitro groups is 1. The van der Waals surface area contributed by atoms with E-state index in [-0.39, 0.29) is 23.8 Å². The van der Waals surface area contributed by atoms with Gasteiger partial charge in [-0.05, 0) is 31.0 Å². The zero-order chi connectivity index (χ0) is 25.8. The van der Waals surface area contributed by atoms with Gasteiger partial charge >= 0.3 is 12.3 Å². The van der Waals surface area contributed by atoms with Crippen LogP contribution in [0.15, 0.2) is 77.4 Å². The highest BCUT2D eigenvalue weighted by molar-refractivity contribution is 5.63. The molecule has 2 aromatic carbocycles. The van der Waals surface area contributed by atoms with E-state index in [0.29, 0.717) is 0 Å². The molecule has 1 aliphatic rings. The van der Waals surface area contributed by atoms with Gasteiger partial charge in [-0.25, -0.2) is 4.79 Å². The van der Waals surface area contributed by atoms with E-state index in [0.717, 1.165) is 17.7 Å². The fourth-order valence-corrected chi connectivity index (χ4v) is 3.87. The van der Waals surface area contributed by atoms with Crippen molar-refractivity contribution < 1.29 is 37.1 Å². The maximum atomic E-state index is 13.8. The molecular formula is C24H23F3N2O6. The molecule has 1 unspecified atom stereocenters. The monoisotopic (exact) mass is 492 g/mol. The first-order chi connectivity index (χ1) is 16.5. The Morgan fingerprint density at radius 2 is 1.71 bits per heavy atom. The molecule has 0 bridgehead atoms. The zero-order valence-electron chi connectivity index (χ0n) is 19.1. The third-order valence-corrected chi connectivity index (χ3v) is 5.44. The quantitative estimate of drug-likeness (QED) is 0.302. The van der Waals surface area contributed by atoms with E-state index in [1.54, 1.807) is 30.3 Å². The summed E-state index contributed by atoms with van der Waals surface area (Å²) >= 11 is 0. The normalized spacial score (nSPS) is 17.0. The number of methoxy groups -OCH3 is 1. The predicted octanol–water partition coefficient (Wildman–Crippen LogP) is 5.67. The highest BCUT2D eigenvalue weighted by atomic mass is 19.4. The second-order valence-corrected chi connectivity index (χ2v) is 7.70. The minimum Gasteiger partial charge on any atom is -0.431 e. The molecule has 0 spiro atoms. The SMILES string of the molecule is CO[C@H](COC(=O)OC1=C(C)NC(C)=C([N+](=O)[O-])C1c1ccccc1C(F)(F)F)c1ccccc1. The molecule has 35 heavy (non-hydrogen) atoms. The van der Waals surface area contributed by atoms with Crippen LogP contribution in [-0.2, 0) is 20.4 Å². The van der Waals surface area contributed by atoms with Gasteiger partial charge in [0.15, 0.2) is 0 Å². The van der Waals surface area contributed by atoms with Gasteiger partial charge in [0.05, 0.1) is 21.9 Å². The molecule has 1 aliphatic heterocycles. The van der Waals surface area contributed by atoms with Gasteiger partial charge < -0.3 is 19.5 Å². The second-order valence-electron chi connectivity index (χ2n) is 7.70. The lowest BCUT2D eigenvalue weighted by molar-refractivity contribution is -0.431. The van der Waals surface area contributed by atoms with Crippen molar-refractivity contribution in [2.45, 2.75) is 32.0 Å². The summed E-state index contributed by atoms with van der Waals surface area (Å²) in [6.45, 7) is 2.55. The third kappa shape index (κ3) is 5.80. The number of carbonyl (C=O) groups excluding carboxylic acids is 1. The lowest BCUT2D eigenvalue weighted by Gasteiger charge is -2.28. The topological polar surface area (TPSA) is 99.9 Å². The number of hydrogen-bond donors (Lipinski definition) is 1. The van der Waals surface area contributed by atoms with Gasteiger partial charge in [-0.1, -0.05) is 48.5 Å². The van der Waals surface area contributed by atoms with Gasteiger partial charge in [-0.2, -0.15) is 13.2 Å². The fraction of sp³-hybridized carbons (Fsp3) is 0.292. The molecule has 0 aromatic heterocycles. The number of ether oxygens (including phenoxy) is 3. The van der Waals surface area contributed by atoms with Crippen LogP contribution in [-0.4, -0.2) is 24.8 Å². The number of benzene rings is 2. The Morgan fingerprint density at radius 1 is 1.09 bits per heavy atom. The van der Waals surface area contributed by atoms with E-state index in [9.17, 15) is 28.1 Å². The summed E-state index contributed by atoms with van der Waals surface area (Å²) in [4.78, 5) is 23.6. The van der Waals surface area contributed by atoms with Gasteiger partial charge in [0.2, 0.25) is 0 Å². The summed E-state index contributed by atoms with van der Waals surface area (Å²) in [5.41, 5.74) is -1.19. The molecule has 2 aromatic rings. The van der Waals surface area contributed by atoms with Crippen molar-refractivity contribution in [2.24, 2.45) is 0 Å². The Bertz CT molecular complexity index is 1160. The maximum Gasteiger partial charge on any atom is 0.513 e. The van der Waals surface area contributed by atoms with E-state index in [1.165, 1.54) is 33.1 Å². The molecule has 0 radical (unpaired) electrons. The Kier molecular flexibility index (Phi) is 7.80. The molecule has 3 rings (SSSR count). The largest absolute Gasteiger partial charge is 0.513 e. The zero-order valence-corrected chi connectivity index (χ0v) is 19.1. The van der Waals surface area contributed by atoms with Crippen LogP contribution in [0.5, 0.6) is 0 Å². The molecule has 2 atom stereocenters. The molecular weight excluding hydrogens is 469 g/mol. The van der Waals surface area contributed by atoms with Crippen molar-refractivity contribution in [3.63, 3.8) is 0 Å². The summed E-state index contributed by atoms with van der Waals surface area (Å²) < 4.78 is 57.0. The summed E-state index contributed by atoms with van der Waals surface area (Å²) in [5.74, 6) is -1.97. The van der Waals surface area contributed by atoms with Crippen LogP contribution in [0.4, 0.5) is 18.0 Å². The van der Waals surface area contributed by atoms with Crippen LogP contribution < -0.4 is 5.32 Å². The second kappa shape index (κ2) is 10.6. The number of nitrogens with zero attached hydrogens (tertiary/aromatic N) is 1. The molecule has 0 saturated heterocycles. The van der Waals surface area contributed by atoms with Crippen LogP contribution in [0, 0.1) is 10.1 Å². The van der Waals surface area contributed by atoms with Gasteiger partial charge in [-0.15, -0.1) is 0 Å². The molecule has 186 valence electrons. The molecule has 1 N–H and O–H groups in total. The van der Waals surface area contributed by atoms with Gasteiger partial charge in [-0.3, -0.25) is 10.1 Å². The van der Waals surface area contributed by atoms with E-state index < -0.39 is 46.1 Å². The number of halogens is 3. The summed E-state index contributed by atoms with van der Waals surface area (Å²) in [5, 5.41) is 14.6. The van der Waals surface area contributed by atoms with Gasteiger partial charge in [0.1, 0.15) is 24.4 Å². The molecule has 8 nitrogen and oxygen atoms in total. The summed E-state index contributed by atoms with van der Waals surface area (Å²) in [6, 6.07) is 13.3. The van der Waals surface area contributed by atoms with Crippen LogP contribution in [0.25, 0.3) is 0 Å². The van der Waals surface area contributed by atoms with E-state index in [1.807, 2.05) is 0 Å². The van der Waals surface area contributed by atoms with Crippen molar-refractivity contribution in [2.75, 3.05) is 13.7 Å².